The van der Waals surface area contributed by atoms with Crippen LogP contribution in [0, 0.1) is 0 Å². The highest BCUT2D eigenvalue weighted by Crippen LogP contribution is 2.11. The summed E-state index contributed by atoms with van der Waals surface area (Å²) in [6.07, 6.45) is 4.04. The third-order valence-corrected chi connectivity index (χ3v) is 3.01. The molecule has 1 aliphatic rings. The average molecular weight is 296 g/mol. The van der Waals surface area contributed by atoms with E-state index < -0.39 is 0 Å². The summed E-state index contributed by atoms with van der Waals surface area (Å²) in [6.45, 7) is 1.65. The molecule has 0 radical (unpaired) electrons. The number of carbonyl (C=O) groups is 1. The Morgan fingerprint density at radius 2 is 2.39 bits per heavy atom. The number of aromatic nitrogens is 1. The minimum Gasteiger partial charge on any atom is -0.364 e. The van der Waals surface area contributed by atoms with Gasteiger partial charge in [0.2, 0.25) is 5.91 Å². The van der Waals surface area contributed by atoms with Crippen molar-refractivity contribution in [3.63, 3.8) is 0 Å². The van der Waals surface area contributed by atoms with Gasteiger partial charge >= 0.3 is 0 Å². The number of amides is 1. The molecule has 0 saturated carbocycles. The van der Waals surface area contributed by atoms with Crippen molar-refractivity contribution in [2.24, 2.45) is 0 Å². The van der Waals surface area contributed by atoms with Gasteiger partial charge < -0.3 is 14.7 Å². The van der Waals surface area contributed by atoms with Gasteiger partial charge in [0.15, 0.2) is 0 Å². The second-order valence-corrected chi connectivity index (χ2v) is 4.14. The number of piperidine rings is 1. The normalized spacial score (nSPS) is 18.7. The van der Waals surface area contributed by atoms with Crippen LogP contribution in [0.25, 0.3) is 0 Å². The van der Waals surface area contributed by atoms with E-state index in [1.807, 2.05) is 11.9 Å². The number of hydrogen-bond donors (Lipinski definition) is 1. The van der Waals surface area contributed by atoms with E-state index in [1.54, 1.807) is 6.07 Å². The van der Waals surface area contributed by atoms with E-state index in [4.69, 9.17) is 4.52 Å². The Balaban J connectivity index is 0.00000144. The molecule has 0 aliphatic carbocycles. The molecule has 5 nitrogen and oxygen atoms in total. The maximum atomic E-state index is 11.9. The van der Waals surface area contributed by atoms with Crippen LogP contribution in [-0.2, 0) is 11.2 Å². The van der Waals surface area contributed by atoms with E-state index in [-0.39, 0.29) is 30.7 Å². The van der Waals surface area contributed by atoms with Crippen LogP contribution in [0.4, 0.5) is 0 Å². The SMILES string of the molecule is CNC1CCCN(C(=O)Cc2ccon2)C1.Cl.Cl. The smallest absolute Gasteiger partial charge is 0.228 e. The molecule has 1 aliphatic heterocycles. The van der Waals surface area contributed by atoms with Crippen LogP contribution in [0.15, 0.2) is 16.9 Å². The monoisotopic (exact) mass is 295 g/mol. The summed E-state index contributed by atoms with van der Waals surface area (Å²) < 4.78 is 4.71. The summed E-state index contributed by atoms with van der Waals surface area (Å²) in [5.74, 6) is 0.133. The lowest BCUT2D eigenvalue weighted by atomic mass is 10.1. The van der Waals surface area contributed by atoms with Gasteiger partial charge in [0, 0.05) is 25.2 Å². The van der Waals surface area contributed by atoms with Gasteiger partial charge in [-0.15, -0.1) is 24.8 Å². The van der Waals surface area contributed by atoms with Crippen molar-refractivity contribution < 1.29 is 9.32 Å². The van der Waals surface area contributed by atoms with Crippen molar-refractivity contribution in [3.05, 3.63) is 18.0 Å². The minimum atomic E-state index is 0. The van der Waals surface area contributed by atoms with Crippen molar-refractivity contribution in [1.82, 2.24) is 15.4 Å². The molecule has 1 N–H and O–H groups in total. The van der Waals surface area contributed by atoms with Gasteiger partial charge in [0.05, 0.1) is 12.1 Å². The van der Waals surface area contributed by atoms with E-state index >= 15 is 0 Å². The predicted molar refractivity (Wildman–Crippen MR) is 73.4 cm³/mol. The highest BCUT2D eigenvalue weighted by atomic mass is 35.5. The molecule has 1 aromatic heterocycles. The Labute approximate surface area is 119 Å². The number of nitrogens with zero attached hydrogens (tertiary/aromatic N) is 2. The van der Waals surface area contributed by atoms with Crippen molar-refractivity contribution in [2.45, 2.75) is 25.3 Å². The molecular weight excluding hydrogens is 277 g/mol. The summed E-state index contributed by atoms with van der Waals surface area (Å²) in [5, 5.41) is 6.97. The van der Waals surface area contributed by atoms with Gasteiger partial charge in [0.1, 0.15) is 6.26 Å². The van der Waals surface area contributed by atoms with Crippen LogP contribution >= 0.6 is 24.8 Å². The van der Waals surface area contributed by atoms with Crippen molar-refractivity contribution >= 4 is 30.7 Å². The van der Waals surface area contributed by atoms with Gasteiger partial charge in [-0.05, 0) is 19.9 Å². The first-order chi connectivity index (χ1) is 7.79. The van der Waals surface area contributed by atoms with Crippen LogP contribution in [0.2, 0.25) is 0 Å². The topological polar surface area (TPSA) is 58.4 Å². The Morgan fingerprint density at radius 1 is 1.61 bits per heavy atom. The molecule has 0 bridgehead atoms. The molecular formula is C11H19Cl2N3O2. The fraction of sp³-hybridized carbons (Fsp3) is 0.636. The summed E-state index contributed by atoms with van der Waals surface area (Å²) in [5.41, 5.74) is 0.705. The van der Waals surface area contributed by atoms with Crippen LogP contribution in [-0.4, -0.2) is 42.1 Å². The molecule has 1 saturated heterocycles. The quantitative estimate of drug-likeness (QED) is 0.912. The third kappa shape index (κ3) is 4.48. The first-order valence-electron chi connectivity index (χ1n) is 5.64. The molecule has 0 spiro atoms. The molecule has 2 rings (SSSR count). The number of likely N-dealkylation sites (N-methyl/N-ethyl adjacent to an activating group) is 1. The molecule has 104 valence electrons. The summed E-state index contributed by atoms with van der Waals surface area (Å²) in [4.78, 5) is 13.8. The fourth-order valence-corrected chi connectivity index (χ4v) is 2.03. The molecule has 1 unspecified atom stereocenters. The van der Waals surface area contributed by atoms with Crippen LogP contribution in [0.1, 0.15) is 18.5 Å². The molecule has 1 atom stereocenters. The van der Waals surface area contributed by atoms with Gasteiger partial charge in [-0.25, -0.2) is 0 Å². The zero-order chi connectivity index (χ0) is 11.4. The number of halogens is 2. The second kappa shape index (κ2) is 8.34. The molecule has 18 heavy (non-hydrogen) atoms. The highest BCUT2D eigenvalue weighted by molar-refractivity contribution is 5.85. The highest BCUT2D eigenvalue weighted by Gasteiger charge is 2.22. The maximum Gasteiger partial charge on any atom is 0.228 e. The Morgan fingerprint density at radius 3 is 3.00 bits per heavy atom. The largest absolute Gasteiger partial charge is 0.364 e. The Kier molecular flexibility index (Phi) is 7.98. The number of nitrogens with one attached hydrogen (secondary N) is 1. The molecule has 1 fully saturated rings. The van der Waals surface area contributed by atoms with E-state index in [0.717, 1.165) is 25.9 Å². The van der Waals surface area contributed by atoms with Gasteiger partial charge in [0.25, 0.3) is 0 Å². The molecule has 1 amide bonds. The van der Waals surface area contributed by atoms with Crippen LogP contribution < -0.4 is 5.32 Å². The first-order valence-corrected chi connectivity index (χ1v) is 5.64. The van der Waals surface area contributed by atoms with E-state index in [9.17, 15) is 4.79 Å². The average Bonchev–Trinajstić information content (AvgIpc) is 2.82. The van der Waals surface area contributed by atoms with Crippen LogP contribution in [0.5, 0.6) is 0 Å². The Bertz CT molecular complexity index is 346. The zero-order valence-electron chi connectivity index (χ0n) is 10.3. The molecule has 2 heterocycles. The predicted octanol–water partition coefficient (Wildman–Crippen LogP) is 1.27. The summed E-state index contributed by atoms with van der Waals surface area (Å²) in [7, 11) is 1.94. The molecule has 7 heteroatoms. The number of hydrogen-bond acceptors (Lipinski definition) is 4. The minimum absolute atomic E-state index is 0. The molecule has 0 aromatic carbocycles. The number of likely N-dealkylation sites (tertiary alicyclic amines) is 1. The second-order valence-electron chi connectivity index (χ2n) is 4.14. The van der Waals surface area contributed by atoms with Gasteiger partial charge in [-0.3, -0.25) is 4.79 Å². The standard InChI is InChI=1S/C11H17N3O2.2ClH/c1-12-10-3-2-5-14(8-10)11(15)7-9-4-6-16-13-9;;/h4,6,10,12H,2-3,5,7-8H2,1H3;2*1H. The van der Waals surface area contributed by atoms with E-state index in [1.165, 1.54) is 6.26 Å². The Hall–Kier alpha value is -0.780. The lowest BCUT2D eigenvalue weighted by molar-refractivity contribution is -0.131. The maximum absolute atomic E-state index is 11.9. The van der Waals surface area contributed by atoms with E-state index in [2.05, 4.69) is 10.5 Å². The lowest BCUT2D eigenvalue weighted by Crippen LogP contribution is -2.47. The summed E-state index contributed by atoms with van der Waals surface area (Å²) in [6, 6.07) is 2.16. The van der Waals surface area contributed by atoms with Gasteiger partial charge in [-0.2, -0.15) is 0 Å². The van der Waals surface area contributed by atoms with Gasteiger partial charge in [-0.1, -0.05) is 5.16 Å². The third-order valence-electron chi connectivity index (χ3n) is 3.01. The van der Waals surface area contributed by atoms with Crippen molar-refractivity contribution in [1.29, 1.82) is 0 Å². The zero-order valence-corrected chi connectivity index (χ0v) is 11.9. The van der Waals surface area contributed by atoms with Crippen molar-refractivity contribution in [3.8, 4) is 0 Å². The first kappa shape index (κ1) is 17.2. The van der Waals surface area contributed by atoms with Crippen molar-refractivity contribution in [2.75, 3.05) is 20.1 Å². The van der Waals surface area contributed by atoms with E-state index in [0.29, 0.717) is 18.2 Å². The number of carbonyl (C=O) groups excluding carboxylic acids is 1. The lowest BCUT2D eigenvalue weighted by Gasteiger charge is -2.32. The summed E-state index contributed by atoms with van der Waals surface area (Å²) >= 11 is 0. The van der Waals surface area contributed by atoms with Crippen LogP contribution in [0.3, 0.4) is 0 Å². The fourth-order valence-electron chi connectivity index (χ4n) is 2.03. The number of rotatable bonds is 3. The molecule has 1 aromatic rings.